The van der Waals surface area contributed by atoms with Crippen LogP contribution in [0.1, 0.15) is 5.56 Å². The summed E-state index contributed by atoms with van der Waals surface area (Å²) in [5.74, 6) is 0. The highest BCUT2D eigenvalue weighted by Gasteiger charge is 2.23. The first-order chi connectivity index (χ1) is 6.97. The molecule has 0 fully saturated rings. The molecule has 1 aromatic rings. The second-order valence-corrected chi connectivity index (χ2v) is 3.01. The van der Waals surface area contributed by atoms with E-state index in [1.54, 1.807) is 0 Å². The van der Waals surface area contributed by atoms with Crippen LogP contribution >= 0.6 is 11.6 Å². The maximum Gasteiger partial charge on any atom is 0.284 e. The predicted molar refractivity (Wildman–Crippen MR) is 54.9 cm³/mol. The van der Waals surface area contributed by atoms with Crippen LogP contribution in [0.4, 0.5) is 11.4 Å². The van der Waals surface area contributed by atoms with Gasteiger partial charge in [0.15, 0.2) is 0 Å². The van der Waals surface area contributed by atoms with E-state index >= 15 is 0 Å². The van der Waals surface area contributed by atoms with Crippen LogP contribution in [0.5, 0.6) is 0 Å². The maximum atomic E-state index is 10.6. The molecule has 0 saturated heterocycles. The molecule has 0 spiro atoms. The lowest BCUT2D eigenvalue weighted by atomic mass is 10.1. The summed E-state index contributed by atoms with van der Waals surface area (Å²) in [5, 5.41) is 21.1. The molecular formula is C8H5ClN2O4. The molecule has 7 heteroatoms. The van der Waals surface area contributed by atoms with Crippen molar-refractivity contribution in [2.45, 2.75) is 0 Å². The zero-order valence-electron chi connectivity index (χ0n) is 7.34. The van der Waals surface area contributed by atoms with Crippen molar-refractivity contribution >= 4 is 29.1 Å². The van der Waals surface area contributed by atoms with Crippen molar-refractivity contribution < 1.29 is 9.85 Å². The Kier molecular flexibility index (Phi) is 3.01. The number of hydrogen-bond acceptors (Lipinski definition) is 4. The Bertz CT molecular complexity index is 423. The zero-order valence-corrected chi connectivity index (χ0v) is 8.10. The molecule has 1 rings (SSSR count). The fraction of sp³-hybridized carbons (Fsp3) is 0. The molecule has 6 nitrogen and oxygen atoms in total. The monoisotopic (exact) mass is 228 g/mol. The number of nitro groups is 2. The molecule has 15 heavy (non-hydrogen) atoms. The lowest BCUT2D eigenvalue weighted by Crippen LogP contribution is -1.97. The third kappa shape index (κ3) is 2.10. The van der Waals surface area contributed by atoms with Crippen LogP contribution in [-0.4, -0.2) is 9.85 Å². The number of nitrogens with zero attached hydrogens (tertiary/aromatic N) is 2. The predicted octanol–water partition coefficient (Wildman–Crippen LogP) is 2.80. The van der Waals surface area contributed by atoms with Gasteiger partial charge in [-0.3, -0.25) is 20.2 Å². The summed E-state index contributed by atoms with van der Waals surface area (Å²) in [6, 6.07) is 2.09. The number of hydrogen-bond donors (Lipinski definition) is 0. The van der Waals surface area contributed by atoms with E-state index in [2.05, 4.69) is 6.58 Å². The topological polar surface area (TPSA) is 86.3 Å². The molecule has 0 saturated carbocycles. The van der Waals surface area contributed by atoms with Crippen LogP contribution in [0.3, 0.4) is 0 Å². The van der Waals surface area contributed by atoms with Crippen molar-refractivity contribution in [3.63, 3.8) is 0 Å². The Morgan fingerprint density at radius 1 is 1.20 bits per heavy atom. The van der Waals surface area contributed by atoms with Gasteiger partial charge in [-0.15, -0.1) is 0 Å². The standard InChI is InChI=1S/C8H5ClN2O4/c1-2-6-7(10(12)13)3-5(9)4-8(6)11(14)15/h2-4H,1H2. The van der Waals surface area contributed by atoms with Crippen molar-refractivity contribution in [3.05, 3.63) is 49.5 Å². The van der Waals surface area contributed by atoms with Gasteiger partial charge >= 0.3 is 0 Å². The van der Waals surface area contributed by atoms with Gasteiger partial charge in [-0.2, -0.15) is 0 Å². The minimum absolute atomic E-state index is 0.0565. The fourth-order valence-corrected chi connectivity index (χ4v) is 1.31. The first-order valence-electron chi connectivity index (χ1n) is 3.72. The molecule has 0 atom stereocenters. The quantitative estimate of drug-likeness (QED) is 0.588. The van der Waals surface area contributed by atoms with Crippen molar-refractivity contribution in [1.82, 2.24) is 0 Å². The Balaban J connectivity index is 3.59. The SMILES string of the molecule is C=Cc1c([N+](=O)[O-])cc(Cl)cc1[N+](=O)[O-]. The summed E-state index contributed by atoms with van der Waals surface area (Å²) in [7, 11) is 0. The average Bonchev–Trinajstić information content (AvgIpc) is 2.16. The summed E-state index contributed by atoms with van der Waals surface area (Å²) in [6.07, 6.45) is 1.06. The second-order valence-electron chi connectivity index (χ2n) is 2.58. The van der Waals surface area contributed by atoms with Crippen LogP contribution in [0.15, 0.2) is 18.7 Å². The van der Waals surface area contributed by atoms with E-state index in [0.717, 1.165) is 18.2 Å². The van der Waals surface area contributed by atoms with E-state index in [-0.39, 0.29) is 10.6 Å². The number of rotatable bonds is 3. The number of nitro benzene ring substituents is 2. The van der Waals surface area contributed by atoms with Gasteiger partial charge in [0, 0.05) is 12.1 Å². The van der Waals surface area contributed by atoms with Gasteiger partial charge in [-0.05, 0) is 6.08 Å². The van der Waals surface area contributed by atoms with Gasteiger partial charge in [0.1, 0.15) is 5.56 Å². The molecule has 1 aromatic carbocycles. The minimum atomic E-state index is -0.740. The van der Waals surface area contributed by atoms with Gasteiger partial charge in [-0.25, -0.2) is 0 Å². The lowest BCUT2D eigenvalue weighted by molar-refractivity contribution is -0.394. The van der Waals surface area contributed by atoms with Gasteiger partial charge < -0.3 is 0 Å². The van der Waals surface area contributed by atoms with Crippen LogP contribution in [-0.2, 0) is 0 Å². The van der Waals surface area contributed by atoms with Gasteiger partial charge in [-0.1, -0.05) is 18.2 Å². The smallest absolute Gasteiger partial charge is 0.258 e. The number of halogens is 1. The average molecular weight is 229 g/mol. The molecule has 0 amide bonds. The van der Waals surface area contributed by atoms with Crippen LogP contribution < -0.4 is 0 Å². The fourth-order valence-electron chi connectivity index (χ4n) is 1.10. The molecule has 0 aliphatic rings. The first kappa shape index (κ1) is 11.1. The summed E-state index contributed by atoms with van der Waals surface area (Å²) in [5.41, 5.74) is -0.997. The van der Waals surface area contributed by atoms with E-state index in [9.17, 15) is 20.2 Å². The highest BCUT2D eigenvalue weighted by atomic mass is 35.5. The molecule has 0 radical (unpaired) electrons. The van der Waals surface area contributed by atoms with Gasteiger partial charge in [0.2, 0.25) is 0 Å². The first-order valence-corrected chi connectivity index (χ1v) is 4.10. The Labute approximate surface area is 89.1 Å². The summed E-state index contributed by atoms with van der Waals surface area (Å²) in [4.78, 5) is 19.7. The summed E-state index contributed by atoms with van der Waals surface area (Å²) < 4.78 is 0. The van der Waals surface area contributed by atoms with Crippen LogP contribution in [0, 0.1) is 20.2 Å². The van der Waals surface area contributed by atoms with E-state index in [4.69, 9.17) is 11.6 Å². The van der Waals surface area contributed by atoms with E-state index in [1.165, 1.54) is 0 Å². The lowest BCUT2D eigenvalue weighted by Gasteiger charge is -2.00. The third-order valence-electron chi connectivity index (χ3n) is 1.70. The Hall–Kier alpha value is -1.95. The highest BCUT2D eigenvalue weighted by molar-refractivity contribution is 6.31. The molecule has 0 N–H and O–H groups in total. The second kappa shape index (κ2) is 4.05. The van der Waals surface area contributed by atoms with Crippen LogP contribution in [0.2, 0.25) is 5.02 Å². The van der Waals surface area contributed by atoms with E-state index in [1.807, 2.05) is 0 Å². The van der Waals surface area contributed by atoms with Crippen molar-refractivity contribution in [1.29, 1.82) is 0 Å². The van der Waals surface area contributed by atoms with E-state index < -0.39 is 21.2 Å². The Morgan fingerprint density at radius 2 is 1.60 bits per heavy atom. The Morgan fingerprint density at radius 3 is 1.87 bits per heavy atom. The number of benzene rings is 1. The largest absolute Gasteiger partial charge is 0.284 e. The van der Waals surface area contributed by atoms with E-state index in [0.29, 0.717) is 0 Å². The molecule has 0 aliphatic carbocycles. The van der Waals surface area contributed by atoms with Crippen molar-refractivity contribution in [2.75, 3.05) is 0 Å². The molecule has 78 valence electrons. The third-order valence-corrected chi connectivity index (χ3v) is 1.92. The van der Waals surface area contributed by atoms with Crippen LogP contribution in [0.25, 0.3) is 6.08 Å². The van der Waals surface area contributed by atoms with Crippen molar-refractivity contribution in [3.8, 4) is 0 Å². The molecule has 0 aromatic heterocycles. The molecule has 0 unspecified atom stereocenters. The van der Waals surface area contributed by atoms with Crippen molar-refractivity contribution in [2.24, 2.45) is 0 Å². The van der Waals surface area contributed by atoms with Gasteiger partial charge in [0.05, 0.1) is 14.9 Å². The summed E-state index contributed by atoms with van der Waals surface area (Å²) >= 11 is 5.52. The highest BCUT2D eigenvalue weighted by Crippen LogP contribution is 2.32. The summed E-state index contributed by atoms with van der Waals surface area (Å²) in [6.45, 7) is 3.29. The van der Waals surface area contributed by atoms with Gasteiger partial charge in [0.25, 0.3) is 11.4 Å². The molecule has 0 aliphatic heterocycles. The molecular weight excluding hydrogens is 224 g/mol. The normalized spacial score (nSPS) is 9.67. The maximum absolute atomic E-state index is 10.6. The molecule has 0 heterocycles. The zero-order chi connectivity index (χ0) is 11.6. The molecule has 0 bridgehead atoms. The minimum Gasteiger partial charge on any atom is -0.258 e.